The number of carbonyl (C=O) groups excluding carboxylic acids is 3. The number of hydrogen-bond donors (Lipinski definition) is 1. The zero-order chi connectivity index (χ0) is 18.3. The Kier molecular flexibility index (Phi) is 4.03. The van der Waals surface area contributed by atoms with Crippen LogP contribution in [0.3, 0.4) is 0 Å². The lowest BCUT2D eigenvalue weighted by atomic mass is 9.80. The van der Waals surface area contributed by atoms with Crippen molar-refractivity contribution in [2.75, 3.05) is 13.7 Å². The van der Waals surface area contributed by atoms with Crippen LogP contribution in [0, 0.1) is 0 Å². The first-order valence-corrected chi connectivity index (χ1v) is 9.32. The maximum atomic E-state index is 13.1. The number of thiophene rings is 1. The zero-order valence-electron chi connectivity index (χ0n) is 14.3. The lowest BCUT2D eigenvalue weighted by Crippen LogP contribution is -2.46. The van der Waals surface area contributed by atoms with E-state index < -0.39 is 11.6 Å². The van der Waals surface area contributed by atoms with Crippen molar-refractivity contribution in [3.8, 4) is 5.75 Å². The van der Waals surface area contributed by atoms with Gasteiger partial charge in [0.1, 0.15) is 11.3 Å². The van der Waals surface area contributed by atoms with Crippen molar-refractivity contribution in [2.24, 2.45) is 0 Å². The summed E-state index contributed by atoms with van der Waals surface area (Å²) >= 11 is 1.60. The Labute approximate surface area is 154 Å². The predicted octanol–water partition coefficient (Wildman–Crippen LogP) is 2.72. The Hall–Kier alpha value is -2.67. The molecule has 1 fully saturated rings. The summed E-state index contributed by atoms with van der Waals surface area (Å²) in [5.41, 5.74) is 0.210. The van der Waals surface area contributed by atoms with Crippen molar-refractivity contribution in [1.82, 2.24) is 10.2 Å². The summed E-state index contributed by atoms with van der Waals surface area (Å²) in [6, 6.07) is 8.19. The number of nitrogens with zero attached hydrogens (tertiary/aromatic N) is 1. The van der Waals surface area contributed by atoms with Crippen LogP contribution in [-0.4, -0.2) is 36.3 Å². The van der Waals surface area contributed by atoms with Gasteiger partial charge >= 0.3 is 6.03 Å². The molecule has 0 bridgehead atoms. The summed E-state index contributed by atoms with van der Waals surface area (Å²) in [5.74, 6) is -0.244. The monoisotopic (exact) mass is 370 g/mol. The molecule has 1 saturated heterocycles. The van der Waals surface area contributed by atoms with Gasteiger partial charge in [-0.2, -0.15) is 0 Å². The van der Waals surface area contributed by atoms with Gasteiger partial charge in [0.2, 0.25) is 0 Å². The third-order valence-corrected chi connectivity index (χ3v) is 6.03. The molecule has 134 valence electrons. The van der Waals surface area contributed by atoms with Crippen molar-refractivity contribution >= 4 is 29.1 Å². The van der Waals surface area contributed by atoms with Crippen LogP contribution in [0.1, 0.15) is 33.6 Å². The highest BCUT2D eigenvalue weighted by Gasteiger charge is 2.54. The number of benzene rings is 1. The molecule has 1 aliphatic carbocycles. The molecule has 1 aromatic heterocycles. The number of nitrogens with one attached hydrogen (secondary N) is 1. The van der Waals surface area contributed by atoms with Gasteiger partial charge in [0.15, 0.2) is 5.78 Å². The van der Waals surface area contributed by atoms with Crippen molar-refractivity contribution in [3.05, 3.63) is 51.7 Å². The maximum Gasteiger partial charge on any atom is 0.325 e. The highest BCUT2D eigenvalue weighted by molar-refractivity contribution is 7.10. The standard InChI is InChI=1S/C19H18N2O4S/c1-25-15-6-3-2-5-12(15)14(22)11-21-17(23)19(20-18(21)24)9-4-7-16-13(19)8-10-26-16/h2-3,5-6,8,10H,4,7,9,11H2,1H3,(H,20,24)/t19-/m1/s1. The van der Waals surface area contributed by atoms with Crippen molar-refractivity contribution in [3.63, 3.8) is 0 Å². The van der Waals surface area contributed by atoms with E-state index in [1.807, 2.05) is 11.4 Å². The molecular weight excluding hydrogens is 352 g/mol. The number of fused-ring (bicyclic) bond motifs is 2. The van der Waals surface area contributed by atoms with E-state index in [9.17, 15) is 14.4 Å². The highest BCUT2D eigenvalue weighted by Crippen LogP contribution is 2.42. The number of carbonyl (C=O) groups is 3. The van der Waals surface area contributed by atoms with E-state index in [-0.39, 0.29) is 18.2 Å². The van der Waals surface area contributed by atoms with E-state index >= 15 is 0 Å². The van der Waals surface area contributed by atoms with Crippen LogP contribution >= 0.6 is 11.3 Å². The molecule has 0 radical (unpaired) electrons. The van der Waals surface area contributed by atoms with Gasteiger partial charge in [-0.25, -0.2) is 4.79 Å². The number of imide groups is 1. The molecule has 2 aliphatic rings. The minimum absolute atomic E-state index is 0.299. The van der Waals surface area contributed by atoms with Crippen LogP contribution in [0.5, 0.6) is 5.75 Å². The van der Waals surface area contributed by atoms with Crippen molar-refractivity contribution in [1.29, 1.82) is 0 Å². The van der Waals surface area contributed by atoms with E-state index in [1.54, 1.807) is 35.6 Å². The summed E-state index contributed by atoms with van der Waals surface area (Å²) in [7, 11) is 1.48. The van der Waals surface area contributed by atoms with Crippen LogP contribution in [0.2, 0.25) is 0 Å². The fourth-order valence-electron chi connectivity index (χ4n) is 3.79. The first-order chi connectivity index (χ1) is 12.6. The fourth-order valence-corrected chi connectivity index (χ4v) is 4.79. The highest BCUT2D eigenvalue weighted by atomic mass is 32.1. The minimum atomic E-state index is -1.02. The lowest BCUT2D eigenvalue weighted by molar-refractivity contribution is -0.131. The number of ketones is 1. The second-order valence-electron chi connectivity index (χ2n) is 6.46. The molecule has 7 heteroatoms. The number of Topliss-reactive ketones (excluding diaryl/α,β-unsaturated/α-hetero) is 1. The topological polar surface area (TPSA) is 75.7 Å². The van der Waals surface area contributed by atoms with Crippen LogP contribution in [-0.2, 0) is 16.8 Å². The summed E-state index contributed by atoms with van der Waals surface area (Å²) in [6.45, 7) is -0.299. The van der Waals surface area contributed by atoms with E-state index in [0.29, 0.717) is 17.7 Å². The molecule has 1 aliphatic heterocycles. The molecule has 0 unspecified atom stereocenters. The summed E-state index contributed by atoms with van der Waals surface area (Å²) in [4.78, 5) is 40.5. The molecule has 1 N–H and O–H groups in total. The first-order valence-electron chi connectivity index (χ1n) is 8.44. The fraction of sp³-hybridized carbons (Fsp3) is 0.316. The number of ether oxygens (including phenoxy) is 1. The normalized spacial score (nSPS) is 21.7. The van der Waals surface area contributed by atoms with Crippen LogP contribution in [0.15, 0.2) is 35.7 Å². The smallest absolute Gasteiger partial charge is 0.325 e. The van der Waals surface area contributed by atoms with Crippen LogP contribution in [0.25, 0.3) is 0 Å². The number of aryl methyl sites for hydroxylation is 1. The largest absolute Gasteiger partial charge is 0.496 e. The Bertz CT molecular complexity index is 906. The summed E-state index contributed by atoms with van der Waals surface area (Å²) < 4.78 is 5.21. The third-order valence-electron chi connectivity index (χ3n) is 5.05. The molecule has 6 nitrogen and oxygen atoms in total. The SMILES string of the molecule is COc1ccccc1C(=O)CN1C(=O)N[C@@]2(CCCc3sccc32)C1=O. The number of urea groups is 1. The number of amides is 3. The van der Waals surface area contributed by atoms with Gasteiger partial charge in [-0.15, -0.1) is 11.3 Å². The average Bonchev–Trinajstić information content (AvgIpc) is 3.22. The van der Waals surface area contributed by atoms with Gasteiger partial charge in [0.25, 0.3) is 5.91 Å². The van der Waals surface area contributed by atoms with E-state index in [4.69, 9.17) is 4.74 Å². The predicted molar refractivity (Wildman–Crippen MR) is 96.5 cm³/mol. The van der Waals surface area contributed by atoms with Gasteiger partial charge in [-0.3, -0.25) is 14.5 Å². The Morgan fingerprint density at radius 3 is 2.92 bits per heavy atom. The number of methoxy groups -OCH3 is 1. The molecule has 3 amide bonds. The van der Waals surface area contributed by atoms with Crippen molar-refractivity contribution < 1.29 is 19.1 Å². The summed E-state index contributed by atoms with van der Waals surface area (Å²) in [6.07, 6.45) is 2.30. The van der Waals surface area contributed by atoms with Gasteiger partial charge in [-0.05, 0) is 42.8 Å². The van der Waals surface area contributed by atoms with Gasteiger partial charge in [0, 0.05) is 10.4 Å². The quantitative estimate of drug-likeness (QED) is 0.663. The zero-order valence-corrected chi connectivity index (χ0v) is 15.1. The second kappa shape index (κ2) is 6.25. The second-order valence-corrected chi connectivity index (χ2v) is 7.46. The Morgan fingerprint density at radius 2 is 2.12 bits per heavy atom. The molecule has 0 saturated carbocycles. The Morgan fingerprint density at radius 1 is 1.31 bits per heavy atom. The molecule has 1 atom stereocenters. The summed E-state index contributed by atoms with van der Waals surface area (Å²) in [5, 5.41) is 4.80. The molecule has 2 heterocycles. The maximum absolute atomic E-state index is 13.1. The molecule has 1 spiro atoms. The first kappa shape index (κ1) is 16.8. The van der Waals surface area contributed by atoms with Crippen molar-refractivity contribution in [2.45, 2.75) is 24.8 Å². The minimum Gasteiger partial charge on any atom is -0.496 e. The number of para-hydroxylation sites is 1. The van der Waals surface area contributed by atoms with E-state index in [1.165, 1.54) is 7.11 Å². The number of hydrogen-bond acceptors (Lipinski definition) is 5. The molecule has 26 heavy (non-hydrogen) atoms. The van der Waals surface area contributed by atoms with Crippen LogP contribution < -0.4 is 10.1 Å². The third kappa shape index (κ3) is 2.42. The number of rotatable bonds is 4. The molecule has 4 rings (SSSR count). The molecule has 2 aromatic rings. The lowest BCUT2D eigenvalue weighted by Gasteiger charge is -2.31. The van der Waals surface area contributed by atoms with Gasteiger partial charge < -0.3 is 10.1 Å². The van der Waals surface area contributed by atoms with Crippen LogP contribution in [0.4, 0.5) is 4.79 Å². The molecule has 1 aromatic carbocycles. The van der Waals surface area contributed by atoms with E-state index in [2.05, 4.69) is 5.32 Å². The van der Waals surface area contributed by atoms with E-state index in [0.717, 1.165) is 28.2 Å². The van der Waals surface area contributed by atoms with Gasteiger partial charge in [0.05, 0.1) is 19.2 Å². The average molecular weight is 370 g/mol. The van der Waals surface area contributed by atoms with Gasteiger partial charge in [-0.1, -0.05) is 12.1 Å². The molecular formula is C19H18N2O4S. The Balaban J connectivity index is 1.63.